The number of hydrogen-bond donors (Lipinski definition) is 2. The van der Waals surface area contributed by atoms with Crippen LogP contribution in [0.25, 0.3) is 0 Å². The van der Waals surface area contributed by atoms with Crippen molar-refractivity contribution in [1.82, 2.24) is 9.78 Å². The molecule has 0 radical (unpaired) electrons. The molecule has 20 heavy (non-hydrogen) atoms. The fourth-order valence-corrected chi connectivity index (χ4v) is 2.05. The van der Waals surface area contributed by atoms with E-state index in [0.717, 1.165) is 17.7 Å². The first kappa shape index (κ1) is 14.1. The summed E-state index contributed by atoms with van der Waals surface area (Å²) >= 11 is 0. The highest BCUT2D eigenvalue weighted by atomic mass is 16.2. The van der Waals surface area contributed by atoms with Gasteiger partial charge in [-0.3, -0.25) is 9.48 Å². The number of anilines is 2. The van der Waals surface area contributed by atoms with Crippen molar-refractivity contribution < 1.29 is 4.79 Å². The molecule has 1 amide bonds. The first-order chi connectivity index (χ1) is 9.55. The van der Waals surface area contributed by atoms with Crippen molar-refractivity contribution >= 4 is 17.3 Å². The molecule has 0 saturated heterocycles. The lowest BCUT2D eigenvalue weighted by atomic mass is 10.2. The molecule has 1 aromatic heterocycles. The molecule has 0 spiro atoms. The molecule has 2 aromatic rings. The van der Waals surface area contributed by atoms with Gasteiger partial charge in [0.05, 0.1) is 17.1 Å². The van der Waals surface area contributed by atoms with Gasteiger partial charge in [0.15, 0.2) is 0 Å². The fraction of sp³-hybridized carbons (Fsp3) is 0.333. The lowest BCUT2D eigenvalue weighted by Crippen LogP contribution is -2.18. The van der Waals surface area contributed by atoms with Gasteiger partial charge in [0.1, 0.15) is 5.69 Å². The second kappa shape index (κ2) is 5.77. The Labute approximate surface area is 118 Å². The van der Waals surface area contributed by atoms with Gasteiger partial charge in [0.25, 0.3) is 5.91 Å². The van der Waals surface area contributed by atoms with Gasteiger partial charge in [-0.25, -0.2) is 0 Å². The number of carbonyl (C=O) groups is 1. The Morgan fingerprint density at radius 3 is 2.70 bits per heavy atom. The van der Waals surface area contributed by atoms with Crippen LogP contribution in [0.3, 0.4) is 0 Å². The van der Waals surface area contributed by atoms with E-state index in [-0.39, 0.29) is 5.91 Å². The van der Waals surface area contributed by atoms with E-state index < -0.39 is 0 Å². The SMILES string of the molecule is CCc1cc(C(=O)Nc2ccc(C)cc2N)n(CC)n1. The van der Waals surface area contributed by atoms with Crippen molar-refractivity contribution in [3.63, 3.8) is 0 Å². The van der Waals surface area contributed by atoms with E-state index in [0.29, 0.717) is 23.6 Å². The number of nitrogens with one attached hydrogen (secondary N) is 1. The van der Waals surface area contributed by atoms with Crippen molar-refractivity contribution in [2.45, 2.75) is 33.7 Å². The highest BCUT2D eigenvalue weighted by Crippen LogP contribution is 2.20. The van der Waals surface area contributed by atoms with Crippen LogP contribution in [-0.4, -0.2) is 15.7 Å². The Kier molecular flexibility index (Phi) is 4.08. The molecule has 1 aromatic carbocycles. The zero-order valence-electron chi connectivity index (χ0n) is 12.1. The van der Waals surface area contributed by atoms with Crippen LogP contribution in [0.2, 0.25) is 0 Å². The molecule has 2 rings (SSSR count). The van der Waals surface area contributed by atoms with E-state index in [2.05, 4.69) is 10.4 Å². The zero-order valence-corrected chi connectivity index (χ0v) is 12.1. The summed E-state index contributed by atoms with van der Waals surface area (Å²) in [6, 6.07) is 7.39. The normalized spacial score (nSPS) is 10.6. The standard InChI is InChI=1S/C15H20N4O/c1-4-11-9-14(19(5-2)18-11)15(20)17-13-7-6-10(3)8-12(13)16/h6-9H,4-5,16H2,1-3H3,(H,17,20). The van der Waals surface area contributed by atoms with Gasteiger partial charge < -0.3 is 11.1 Å². The van der Waals surface area contributed by atoms with E-state index in [9.17, 15) is 4.79 Å². The summed E-state index contributed by atoms with van der Waals surface area (Å²) in [5, 5.41) is 7.21. The fourth-order valence-electron chi connectivity index (χ4n) is 2.05. The van der Waals surface area contributed by atoms with E-state index in [1.54, 1.807) is 4.68 Å². The van der Waals surface area contributed by atoms with Gasteiger partial charge in [0.2, 0.25) is 0 Å². The van der Waals surface area contributed by atoms with Crippen molar-refractivity contribution in [1.29, 1.82) is 0 Å². The summed E-state index contributed by atoms with van der Waals surface area (Å²) in [5.74, 6) is -0.186. The lowest BCUT2D eigenvalue weighted by molar-refractivity contribution is 0.101. The molecule has 0 atom stereocenters. The van der Waals surface area contributed by atoms with Gasteiger partial charge in [-0.2, -0.15) is 5.10 Å². The minimum absolute atomic E-state index is 0.186. The van der Waals surface area contributed by atoms with Crippen molar-refractivity contribution in [2.24, 2.45) is 0 Å². The minimum atomic E-state index is -0.186. The molecule has 0 aliphatic carbocycles. The highest BCUT2D eigenvalue weighted by molar-refractivity contribution is 6.04. The Hall–Kier alpha value is -2.30. The topological polar surface area (TPSA) is 72.9 Å². The van der Waals surface area contributed by atoms with Gasteiger partial charge >= 0.3 is 0 Å². The first-order valence-electron chi connectivity index (χ1n) is 6.79. The molecule has 0 saturated carbocycles. The lowest BCUT2D eigenvalue weighted by Gasteiger charge is -2.09. The quantitative estimate of drug-likeness (QED) is 0.840. The summed E-state index contributed by atoms with van der Waals surface area (Å²) in [6.07, 6.45) is 0.806. The Balaban J connectivity index is 2.25. The van der Waals surface area contributed by atoms with Crippen LogP contribution in [0.15, 0.2) is 24.3 Å². The molecule has 0 fully saturated rings. The number of nitrogens with two attached hydrogens (primary N) is 1. The van der Waals surface area contributed by atoms with Crippen LogP contribution in [-0.2, 0) is 13.0 Å². The maximum Gasteiger partial charge on any atom is 0.273 e. The second-order valence-electron chi connectivity index (χ2n) is 4.74. The third kappa shape index (κ3) is 2.82. The molecule has 0 bridgehead atoms. The van der Waals surface area contributed by atoms with Crippen LogP contribution >= 0.6 is 0 Å². The number of rotatable bonds is 4. The Morgan fingerprint density at radius 1 is 1.35 bits per heavy atom. The predicted octanol–water partition coefficient (Wildman–Crippen LogP) is 2.61. The van der Waals surface area contributed by atoms with Crippen LogP contribution in [0.5, 0.6) is 0 Å². The maximum absolute atomic E-state index is 12.3. The number of aromatic nitrogens is 2. The summed E-state index contributed by atoms with van der Waals surface area (Å²) < 4.78 is 1.71. The van der Waals surface area contributed by atoms with Crippen LogP contribution in [0.4, 0.5) is 11.4 Å². The second-order valence-corrected chi connectivity index (χ2v) is 4.74. The monoisotopic (exact) mass is 272 g/mol. The number of carbonyl (C=O) groups excluding carboxylic acids is 1. The van der Waals surface area contributed by atoms with Gasteiger partial charge in [0, 0.05) is 6.54 Å². The molecule has 0 aliphatic heterocycles. The molecule has 3 N–H and O–H groups in total. The van der Waals surface area contributed by atoms with Crippen LogP contribution in [0, 0.1) is 6.92 Å². The largest absolute Gasteiger partial charge is 0.397 e. The van der Waals surface area contributed by atoms with E-state index >= 15 is 0 Å². The molecule has 0 unspecified atom stereocenters. The van der Waals surface area contributed by atoms with Crippen LogP contribution < -0.4 is 11.1 Å². The summed E-state index contributed by atoms with van der Waals surface area (Å²) in [5.41, 5.74) is 9.64. The Bertz CT molecular complexity index is 631. The van der Waals surface area contributed by atoms with E-state index in [4.69, 9.17) is 5.73 Å². The van der Waals surface area contributed by atoms with Crippen molar-refractivity contribution in [2.75, 3.05) is 11.1 Å². The van der Waals surface area contributed by atoms with E-state index in [1.165, 1.54) is 0 Å². The number of hydrogen-bond acceptors (Lipinski definition) is 3. The molecular formula is C15H20N4O. The van der Waals surface area contributed by atoms with Crippen molar-refractivity contribution in [3.8, 4) is 0 Å². The molecule has 5 nitrogen and oxygen atoms in total. The minimum Gasteiger partial charge on any atom is -0.397 e. The molecule has 5 heteroatoms. The third-order valence-corrected chi connectivity index (χ3v) is 3.18. The van der Waals surface area contributed by atoms with Gasteiger partial charge in [-0.15, -0.1) is 0 Å². The number of nitrogen functional groups attached to an aromatic ring is 1. The van der Waals surface area contributed by atoms with Crippen LogP contribution in [0.1, 0.15) is 35.6 Å². The average Bonchev–Trinajstić information content (AvgIpc) is 2.85. The summed E-state index contributed by atoms with van der Waals surface area (Å²) in [6.45, 7) is 6.60. The maximum atomic E-state index is 12.3. The zero-order chi connectivity index (χ0) is 14.7. The smallest absolute Gasteiger partial charge is 0.273 e. The van der Waals surface area contributed by atoms with Gasteiger partial charge in [-0.1, -0.05) is 13.0 Å². The predicted molar refractivity (Wildman–Crippen MR) is 80.8 cm³/mol. The average molecular weight is 272 g/mol. The number of benzene rings is 1. The summed E-state index contributed by atoms with van der Waals surface area (Å²) in [4.78, 5) is 12.3. The molecule has 1 heterocycles. The first-order valence-corrected chi connectivity index (χ1v) is 6.79. The summed E-state index contributed by atoms with van der Waals surface area (Å²) in [7, 11) is 0. The molecule has 106 valence electrons. The number of aryl methyl sites for hydroxylation is 3. The molecule has 0 aliphatic rings. The van der Waals surface area contributed by atoms with E-state index in [1.807, 2.05) is 45.0 Å². The van der Waals surface area contributed by atoms with Gasteiger partial charge in [-0.05, 0) is 44.0 Å². The van der Waals surface area contributed by atoms with Crippen molar-refractivity contribution in [3.05, 3.63) is 41.2 Å². The highest BCUT2D eigenvalue weighted by Gasteiger charge is 2.15. The third-order valence-electron chi connectivity index (χ3n) is 3.18. The molecular weight excluding hydrogens is 252 g/mol. The Morgan fingerprint density at radius 2 is 2.10 bits per heavy atom. The number of nitrogens with zero attached hydrogens (tertiary/aromatic N) is 2. The number of amides is 1.